The number of benzene rings is 6. The summed E-state index contributed by atoms with van der Waals surface area (Å²) >= 11 is 1.78. The molecule has 51 heavy (non-hydrogen) atoms. The molecule has 2 aliphatic carbocycles. The molecule has 3 nitrogen and oxygen atoms in total. The molecule has 0 saturated heterocycles. The summed E-state index contributed by atoms with van der Waals surface area (Å²) in [6.07, 6.45) is 4.44. The second-order valence-electron chi connectivity index (χ2n) is 13.6. The standard InChI is InChI=1S/C47H30N2OS/c1-2-13-29(14-3-1)46-48-43(45-44(49-46)35-18-5-11-24-42(35)51-45)32-16-12-15-30(27-32)31-25-26-34-33-17-4-6-19-36(33)47(39(34)28-31)37-20-7-9-22-40(37)50-41-23-10-8-21-38(41)47/h1-24,27-28H,25-26H2. The molecule has 6 aromatic carbocycles. The van der Waals surface area contributed by atoms with Crippen LogP contribution < -0.4 is 4.74 Å². The molecular formula is C47H30N2OS. The predicted octanol–water partition coefficient (Wildman–Crippen LogP) is 12.3. The molecule has 0 saturated carbocycles. The van der Waals surface area contributed by atoms with Crippen molar-refractivity contribution in [3.63, 3.8) is 0 Å². The molecule has 8 aromatic rings. The average Bonchev–Trinajstić information content (AvgIpc) is 3.72. The van der Waals surface area contributed by atoms with Gasteiger partial charge < -0.3 is 4.74 Å². The SMILES string of the molecule is C1=C(c2cccc(-c3nc(-c4ccccc4)nc4c3sc3ccccc34)c2)CCC2=C1C1(c3ccccc3Oc3ccccc31)c1ccccc12. The summed E-state index contributed by atoms with van der Waals surface area (Å²) in [5, 5.41) is 1.17. The van der Waals surface area contributed by atoms with Crippen LogP contribution in [0.25, 0.3) is 54.1 Å². The van der Waals surface area contributed by atoms with Crippen LogP contribution in [-0.4, -0.2) is 9.97 Å². The van der Waals surface area contributed by atoms with E-state index in [2.05, 4.69) is 152 Å². The first kappa shape index (κ1) is 28.7. The molecule has 3 heterocycles. The molecule has 0 fully saturated rings. The van der Waals surface area contributed by atoms with E-state index in [1.54, 1.807) is 11.3 Å². The maximum Gasteiger partial charge on any atom is 0.160 e. The highest BCUT2D eigenvalue weighted by atomic mass is 32.1. The molecule has 1 spiro atoms. The van der Waals surface area contributed by atoms with Gasteiger partial charge in [0.2, 0.25) is 0 Å². The van der Waals surface area contributed by atoms with Gasteiger partial charge in [0.15, 0.2) is 5.82 Å². The number of allylic oxidation sites excluding steroid dienone is 4. The fraction of sp³-hybridized carbons (Fsp3) is 0.0638. The Morgan fingerprint density at radius 3 is 2.06 bits per heavy atom. The third-order valence-corrected chi connectivity index (χ3v) is 12.1. The minimum atomic E-state index is -0.457. The van der Waals surface area contributed by atoms with Crippen LogP contribution in [0.5, 0.6) is 11.5 Å². The lowest BCUT2D eigenvalue weighted by molar-refractivity contribution is 0.435. The summed E-state index contributed by atoms with van der Waals surface area (Å²) in [6.45, 7) is 0. The van der Waals surface area contributed by atoms with Gasteiger partial charge in [0.25, 0.3) is 0 Å². The maximum atomic E-state index is 6.58. The number of fused-ring (bicyclic) bond motifs is 11. The van der Waals surface area contributed by atoms with Crippen LogP contribution >= 0.6 is 11.3 Å². The Morgan fingerprint density at radius 2 is 1.24 bits per heavy atom. The lowest BCUT2D eigenvalue weighted by atomic mass is 9.64. The van der Waals surface area contributed by atoms with Gasteiger partial charge in [0, 0.05) is 32.3 Å². The van der Waals surface area contributed by atoms with E-state index in [9.17, 15) is 0 Å². The van der Waals surface area contributed by atoms with Gasteiger partial charge in [-0.3, -0.25) is 0 Å². The van der Waals surface area contributed by atoms with E-state index in [0.717, 1.165) is 57.2 Å². The van der Waals surface area contributed by atoms with Crippen molar-refractivity contribution in [2.45, 2.75) is 18.3 Å². The smallest absolute Gasteiger partial charge is 0.160 e. The van der Waals surface area contributed by atoms with Crippen molar-refractivity contribution in [3.8, 4) is 34.1 Å². The van der Waals surface area contributed by atoms with Crippen LogP contribution in [0.3, 0.4) is 0 Å². The summed E-state index contributed by atoms with van der Waals surface area (Å²) < 4.78 is 8.92. The number of aromatic nitrogens is 2. The predicted molar refractivity (Wildman–Crippen MR) is 209 cm³/mol. The quantitative estimate of drug-likeness (QED) is 0.188. The number of para-hydroxylation sites is 2. The molecule has 0 amide bonds. The van der Waals surface area contributed by atoms with E-state index >= 15 is 0 Å². The van der Waals surface area contributed by atoms with Gasteiger partial charge in [-0.2, -0.15) is 0 Å². The number of hydrogen-bond donors (Lipinski definition) is 0. The summed E-state index contributed by atoms with van der Waals surface area (Å²) in [6, 6.07) is 54.1. The largest absolute Gasteiger partial charge is 0.457 e. The maximum absolute atomic E-state index is 6.58. The van der Waals surface area contributed by atoms with Crippen molar-refractivity contribution in [2.75, 3.05) is 0 Å². The van der Waals surface area contributed by atoms with Gasteiger partial charge in [0.05, 0.1) is 21.3 Å². The van der Waals surface area contributed by atoms with Crippen molar-refractivity contribution in [1.29, 1.82) is 0 Å². The van der Waals surface area contributed by atoms with E-state index in [4.69, 9.17) is 14.7 Å². The first-order valence-electron chi connectivity index (χ1n) is 17.5. The summed E-state index contributed by atoms with van der Waals surface area (Å²) in [5.74, 6) is 2.60. The molecule has 3 aliphatic rings. The van der Waals surface area contributed by atoms with Gasteiger partial charge >= 0.3 is 0 Å². The van der Waals surface area contributed by atoms with E-state index in [0.29, 0.717) is 0 Å². The van der Waals surface area contributed by atoms with Crippen LogP contribution in [0, 0.1) is 0 Å². The monoisotopic (exact) mass is 670 g/mol. The molecular weight excluding hydrogens is 641 g/mol. The zero-order valence-corrected chi connectivity index (χ0v) is 28.5. The third kappa shape index (κ3) is 4.11. The number of rotatable bonds is 3. The van der Waals surface area contributed by atoms with E-state index < -0.39 is 5.41 Å². The fourth-order valence-corrected chi connectivity index (χ4v) is 9.89. The van der Waals surface area contributed by atoms with Gasteiger partial charge in [-0.25, -0.2) is 9.97 Å². The zero-order chi connectivity index (χ0) is 33.5. The Kier molecular flexibility index (Phi) is 6.16. The fourth-order valence-electron chi connectivity index (χ4n) is 8.73. The van der Waals surface area contributed by atoms with Gasteiger partial charge in [-0.1, -0.05) is 133 Å². The average molecular weight is 671 g/mol. The second kappa shape index (κ2) is 10.9. The van der Waals surface area contributed by atoms with Crippen LogP contribution in [0.15, 0.2) is 163 Å². The van der Waals surface area contributed by atoms with Crippen LogP contribution in [0.4, 0.5) is 0 Å². The highest BCUT2D eigenvalue weighted by Crippen LogP contribution is 2.63. The lowest BCUT2D eigenvalue weighted by Crippen LogP contribution is -2.33. The van der Waals surface area contributed by atoms with Crippen LogP contribution in [0.1, 0.15) is 40.7 Å². The van der Waals surface area contributed by atoms with E-state index in [1.165, 1.54) is 54.6 Å². The number of ether oxygens (including phenoxy) is 1. The molecule has 4 heteroatoms. The second-order valence-corrected chi connectivity index (χ2v) is 14.6. The summed E-state index contributed by atoms with van der Waals surface area (Å²) in [4.78, 5) is 10.4. The van der Waals surface area contributed by atoms with Crippen molar-refractivity contribution in [2.24, 2.45) is 0 Å². The number of thiophene rings is 1. The van der Waals surface area contributed by atoms with E-state index in [-0.39, 0.29) is 0 Å². The Labute approximate surface area is 299 Å². The summed E-state index contributed by atoms with van der Waals surface area (Å²) in [5.41, 5.74) is 14.1. The minimum Gasteiger partial charge on any atom is -0.457 e. The molecule has 240 valence electrons. The molecule has 1 aliphatic heterocycles. The topological polar surface area (TPSA) is 35.0 Å². The molecule has 0 N–H and O–H groups in total. The lowest BCUT2D eigenvalue weighted by Gasteiger charge is -2.40. The molecule has 2 aromatic heterocycles. The number of hydrogen-bond acceptors (Lipinski definition) is 4. The Morgan fingerprint density at radius 1 is 0.569 bits per heavy atom. The normalized spacial score (nSPS) is 15.3. The third-order valence-electron chi connectivity index (χ3n) is 10.9. The minimum absolute atomic E-state index is 0.457. The molecule has 0 unspecified atom stereocenters. The van der Waals surface area contributed by atoms with Crippen molar-refractivity contribution in [3.05, 3.63) is 191 Å². The van der Waals surface area contributed by atoms with Crippen LogP contribution in [-0.2, 0) is 5.41 Å². The number of nitrogens with zero attached hydrogens (tertiary/aromatic N) is 2. The van der Waals surface area contributed by atoms with Gasteiger partial charge in [-0.15, -0.1) is 11.3 Å². The highest BCUT2D eigenvalue weighted by molar-refractivity contribution is 7.26. The summed E-state index contributed by atoms with van der Waals surface area (Å²) in [7, 11) is 0. The first-order valence-corrected chi connectivity index (χ1v) is 18.4. The van der Waals surface area contributed by atoms with Crippen molar-refractivity contribution < 1.29 is 4.74 Å². The zero-order valence-electron chi connectivity index (χ0n) is 27.6. The van der Waals surface area contributed by atoms with Gasteiger partial charge in [0.1, 0.15) is 11.5 Å². The molecule has 0 bridgehead atoms. The van der Waals surface area contributed by atoms with Gasteiger partial charge in [-0.05, 0) is 70.5 Å². The van der Waals surface area contributed by atoms with Crippen molar-refractivity contribution >= 4 is 42.8 Å². The molecule has 11 rings (SSSR count). The Bertz CT molecular complexity index is 2740. The van der Waals surface area contributed by atoms with Crippen molar-refractivity contribution in [1.82, 2.24) is 9.97 Å². The first-order chi connectivity index (χ1) is 25.3. The van der Waals surface area contributed by atoms with E-state index in [1.807, 2.05) is 6.07 Å². The highest BCUT2D eigenvalue weighted by Gasteiger charge is 2.52. The molecule has 0 atom stereocenters. The Hall–Kier alpha value is -6.10. The molecule has 0 radical (unpaired) electrons. The van der Waals surface area contributed by atoms with Crippen LogP contribution in [0.2, 0.25) is 0 Å². The Balaban J connectivity index is 1.12.